The number of rotatable bonds is 12. The van der Waals surface area contributed by atoms with Crippen molar-refractivity contribution in [2.45, 2.75) is 39.9 Å². The van der Waals surface area contributed by atoms with Crippen LogP contribution in [0, 0.1) is 11.8 Å². The van der Waals surface area contributed by atoms with Crippen molar-refractivity contribution in [3.63, 3.8) is 0 Å². The summed E-state index contributed by atoms with van der Waals surface area (Å²) in [6.07, 6.45) is 3.87. The van der Waals surface area contributed by atoms with E-state index in [1.165, 1.54) is 0 Å². The first-order valence-corrected chi connectivity index (χ1v) is 17.8. The number of fused-ring (bicyclic) bond motifs is 1. The molecule has 3 aliphatic rings. The van der Waals surface area contributed by atoms with Gasteiger partial charge < -0.3 is 19.8 Å². The van der Waals surface area contributed by atoms with Crippen molar-refractivity contribution < 1.29 is 19.5 Å². The van der Waals surface area contributed by atoms with Crippen LogP contribution in [-0.2, 0) is 20.9 Å². The van der Waals surface area contributed by atoms with Crippen molar-refractivity contribution in [1.82, 2.24) is 9.80 Å². The van der Waals surface area contributed by atoms with Crippen LogP contribution in [0.15, 0.2) is 110 Å². The molecule has 0 saturated carbocycles. The molecule has 7 nitrogen and oxygen atoms in total. The minimum Gasteiger partial charge on any atom is -0.394 e. The maximum atomic E-state index is 15.0. The lowest BCUT2D eigenvalue weighted by Gasteiger charge is -2.40. The Hall–Kier alpha value is -3.37. The van der Waals surface area contributed by atoms with Crippen molar-refractivity contribution in [1.29, 1.82) is 0 Å². The van der Waals surface area contributed by atoms with Gasteiger partial charge in [0.25, 0.3) is 5.91 Å². The number of halogens is 2. The fraction of sp³-hybridized carbons (Fsp3) is 0.324. The molecule has 3 fully saturated rings. The van der Waals surface area contributed by atoms with E-state index in [4.69, 9.17) is 11.6 Å². The molecule has 1 N–H and O–H groups in total. The van der Waals surface area contributed by atoms with Gasteiger partial charge in [-0.2, -0.15) is 0 Å². The van der Waals surface area contributed by atoms with Crippen LogP contribution in [0.2, 0.25) is 5.02 Å². The molecule has 3 unspecified atom stereocenters. The van der Waals surface area contributed by atoms with E-state index in [9.17, 15) is 14.7 Å². The van der Waals surface area contributed by atoms with Gasteiger partial charge in [-0.25, -0.2) is 0 Å². The van der Waals surface area contributed by atoms with E-state index < -0.39 is 28.7 Å². The quantitative estimate of drug-likeness (QED) is 0.175. The second kappa shape index (κ2) is 14.0. The summed E-state index contributed by atoms with van der Waals surface area (Å²) in [6, 6.07) is 24.3. The summed E-state index contributed by atoms with van der Waals surface area (Å²) in [5, 5.41) is 11.2. The van der Waals surface area contributed by atoms with Crippen molar-refractivity contribution in [2.24, 2.45) is 11.8 Å². The Balaban J connectivity index is 1.46. The van der Waals surface area contributed by atoms with Crippen LogP contribution in [0.1, 0.15) is 23.6 Å². The van der Waals surface area contributed by atoms with Gasteiger partial charge in [0.05, 0.1) is 29.2 Å². The predicted octanol–water partition coefficient (Wildman–Crippen LogP) is 6.27. The maximum Gasteiger partial charge on any atom is 0.251 e. The lowest BCUT2D eigenvalue weighted by atomic mass is 9.70. The zero-order valence-electron chi connectivity index (χ0n) is 25.8. The minimum absolute atomic E-state index is 0.101. The Morgan fingerprint density at radius 3 is 2.26 bits per heavy atom. The van der Waals surface area contributed by atoms with Crippen LogP contribution >= 0.6 is 39.3 Å². The molecule has 6 rings (SSSR count). The van der Waals surface area contributed by atoms with Gasteiger partial charge in [0.2, 0.25) is 11.8 Å². The van der Waals surface area contributed by atoms with E-state index in [-0.39, 0.29) is 41.0 Å². The zero-order valence-corrected chi connectivity index (χ0v) is 29.0. The molecule has 7 atom stereocenters. The van der Waals surface area contributed by atoms with E-state index in [2.05, 4.69) is 29.1 Å². The van der Waals surface area contributed by atoms with Gasteiger partial charge in [0.1, 0.15) is 6.04 Å². The number of carbonyl (C=O) groups is 3. The number of anilines is 1. The largest absolute Gasteiger partial charge is 0.394 e. The second-order valence-electron chi connectivity index (χ2n) is 12.2. The summed E-state index contributed by atoms with van der Waals surface area (Å²) in [7, 11) is 0. The highest BCUT2D eigenvalue weighted by atomic mass is 79.9. The first-order valence-electron chi connectivity index (χ1n) is 15.7. The van der Waals surface area contributed by atoms with Gasteiger partial charge in [-0.05, 0) is 41.8 Å². The van der Waals surface area contributed by atoms with E-state index in [1.54, 1.807) is 62.9 Å². The number of amides is 3. The molecule has 10 heteroatoms. The summed E-state index contributed by atoms with van der Waals surface area (Å²) < 4.78 is -0.909. The molecule has 3 heterocycles. The number of alkyl halides is 1. The third-order valence-corrected chi connectivity index (χ3v) is 13.0. The predicted molar refractivity (Wildman–Crippen MR) is 191 cm³/mol. The van der Waals surface area contributed by atoms with Crippen molar-refractivity contribution in [3.05, 3.63) is 126 Å². The van der Waals surface area contributed by atoms with Crippen LogP contribution < -0.4 is 4.90 Å². The smallest absolute Gasteiger partial charge is 0.251 e. The Morgan fingerprint density at radius 2 is 1.64 bits per heavy atom. The molecular weight excluding hydrogens is 698 g/mol. The zero-order chi connectivity index (χ0) is 33.3. The van der Waals surface area contributed by atoms with Crippen LogP contribution in [0.25, 0.3) is 0 Å². The van der Waals surface area contributed by atoms with Gasteiger partial charge in [-0.15, -0.1) is 24.9 Å². The first kappa shape index (κ1) is 33.5. The average Bonchev–Trinajstić information content (AvgIpc) is 3.68. The summed E-state index contributed by atoms with van der Waals surface area (Å²) in [6.45, 7) is 8.32. The number of carbonyl (C=O) groups excluding carboxylic acids is 3. The molecule has 0 aliphatic carbocycles. The second-order valence-corrected chi connectivity index (χ2v) is 15.4. The van der Waals surface area contributed by atoms with Gasteiger partial charge in [-0.3, -0.25) is 14.4 Å². The van der Waals surface area contributed by atoms with Crippen molar-refractivity contribution in [2.75, 3.05) is 24.6 Å². The monoisotopic (exact) mass is 733 g/mol. The fourth-order valence-corrected chi connectivity index (χ4v) is 11.3. The summed E-state index contributed by atoms with van der Waals surface area (Å²) in [4.78, 5) is 49.5. The number of benzene rings is 3. The van der Waals surface area contributed by atoms with Gasteiger partial charge in [0.15, 0.2) is 0 Å². The molecule has 3 aliphatic heterocycles. The molecule has 2 bridgehead atoms. The average molecular weight is 735 g/mol. The Labute approximate surface area is 293 Å². The maximum absolute atomic E-state index is 15.0. The molecule has 1 spiro atoms. The van der Waals surface area contributed by atoms with Crippen LogP contribution in [0.4, 0.5) is 5.69 Å². The topological polar surface area (TPSA) is 81.2 Å². The highest BCUT2D eigenvalue weighted by molar-refractivity contribution is 9.09. The normalized spacial score (nSPS) is 26.5. The summed E-state index contributed by atoms with van der Waals surface area (Å²) in [5.41, 5.74) is 2.31. The lowest BCUT2D eigenvalue weighted by molar-refractivity contribution is -0.145. The van der Waals surface area contributed by atoms with Crippen molar-refractivity contribution in [3.8, 4) is 0 Å². The van der Waals surface area contributed by atoms with Gasteiger partial charge in [-0.1, -0.05) is 100 Å². The summed E-state index contributed by atoms with van der Waals surface area (Å²) >= 11 is 11.7. The van der Waals surface area contributed by atoms with Crippen LogP contribution in [0.3, 0.4) is 0 Å². The van der Waals surface area contributed by atoms with Gasteiger partial charge >= 0.3 is 0 Å². The molecule has 0 radical (unpaired) electrons. The van der Waals surface area contributed by atoms with E-state index in [0.29, 0.717) is 30.2 Å². The third kappa shape index (κ3) is 5.96. The minimum atomic E-state index is -0.956. The number of hydrogen-bond donors (Lipinski definition) is 1. The first-order chi connectivity index (χ1) is 22.7. The number of aliphatic hydroxyl groups excluding tert-OH is 1. The number of likely N-dealkylation sites (tertiary alicyclic amines) is 1. The molecule has 3 aromatic rings. The van der Waals surface area contributed by atoms with Crippen molar-refractivity contribution >= 4 is 62.7 Å². The third-order valence-electron chi connectivity index (χ3n) is 9.53. The van der Waals surface area contributed by atoms with E-state index >= 15 is 4.79 Å². The van der Waals surface area contributed by atoms with Gasteiger partial charge in [0, 0.05) is 40.4 Å². The Morgan fingerprint density at radius 1 is 1.00 bits per heavy atom. The highest BCUT2D eigenvalue weighted by Gasteiger charge is 2.76. The lowest BCUT2D eigenvalue weighted by Crippen LogP contribution is -2.56. The van der Waals surface area contributed by atoms with E-state index in [0.717, 1.165) is 11.1 Å². The number of hydrogen-bond acceptors (Lipinski definition) is 5. The molecule has 3 amide bonds. The number of thioether (sulfide) groups is 1. The van der Waals surface area contributed by atoms with E-state index in [1.807, 2.05) is 60.7 Å². The standard InChI is InChI=1S/C37H37BrClN3O4S/c1-3-19-40(22-24-11-7-5-8-12-24)34(44)30-31-35(45)42(29(23-43)25-13-9-6-10-14-25)33(37(31)21-28(38)32(30)47-37)36(46)41(20-4-2)27-17-15-26(39)16-18-27/h3-18,28-33,43H,1-2,19-23H2/t28?,29-,30-,31+,32-,33?,37?/m1/s1. The van der Waals surface area contributed by atoms with Crippen LogP contribution in [-0.4, -0.2) is 73.2 Å². The molecule has 3 saturated heterocycles. The molecule has 0 aromatic heterocycles. The SMILES string of the molecule is C=CCN(Cc1ccccc1)C(=O)[C@H]1[C@@H]2SC3(CC2Br)C(C(=O)N(CC=C)c2ccc(Cl)cc2)N([C@H](CO)c2ccccc2)C(=O)[C@H]13. The number of aliphatic hydroxyl groups is 1. The Kier molecular flexibility index (Phi) is 9.99. The number of nitrogens with zero attached hydrogens (tertiary/aromatic N) is 3. The molecule has 3 aromatic carbocycles. The molecular formula is C37H37BrClN3O4S. The fourth-order valence-electron chi connectivity index (χ4n) is 7.62. The molecule has 244 valence electrons. The summed E-state index contributed by atoms with van der Waals surface area (Å²) in [5.74, 6) is -2.14. The molecule has 47 heavy (non-hydrogen) atoms. The van der Waals surface area contributed by atoms with Crippen LogP contribution in [0.5, 0.6) is 0 Å². The highest BCUT2D eigenvalue weighted by Crippen LogP contribution is 2.69. The Bertz CT molecular complexity index is 1640.